The number of anilines is 2. The summed E-state index contributed by atoms with van der Waals surface area (Å²) in [5.41, 5.74) is 2.28. The number of carbonyl (C=O) groups excluding carboxylic acids is 4. The number of esters is 1. The molecule has 5 rings (SSSR count). The number of amides is 3. The fourth-order valence-electron chi connectivity index (χ4n) is 4.89. The van der Waals surface area contributed by atoms with Crippen LogP contribution in [0.15, 0.2) is 60.2 Å². The number of benzene rings is 2. The molecule has 0 bridgehead atoms. The highest BCUT2D eigenvalue weighted by Crippen LogP contribution is 2.40. The molecule has 8 heteroatoms. The van der Waals surface area contributed by atoms with Crippen molar-refractivity contribution in [3.63, 3.8) is 0 Å². The first kappa shape index (κ1) is 22.3. The molecule has 0 saturated carbocycles. The van der Waals surface area contributed by atoms with E-state index in [1.165, 1.54) is 4.90 Å². The summed E-state index contributed by atoms with van der Waals surface area (Å²) >= 11 is 5.91. The second kappa shape index (κ2) is 8.72. The Labute approximate surface area is 201 Å². The molecule has 0 aromatic heterocycles. The zero-order valence-corrected chi connectivity index (χ0v) is 19.3. The predicted octanol–water partition coefficient (Wildman–Crippen LogP) is 4.14. The van der Waals surface area contributed by atoms with Crippen molar-refractivity contribution in [2.24, 2.45) is 17.8 Å². The van der Waals surface area contributed by atoms with Crippen molar-refractivity contribution < 1.29 is 23.9 Å². The van der Waals surface area contributed by atoms with E-state index in [4.69, 9.17) is 16.3 Å². The Balaban J connectivity index is 1.24. The van der Waals surface area contributed by atoms with E-state index in [2.05, 4.69) is 0 Å². The molecule has 0 unspecified atom stereocenters. The molecule has 3 aliphatic rings. The summed E-state index contributed by atoms with van der Waals surface area (Å²) in [6.45, 7) is 2.21. The van der Waals surface area contributed by atoms with Crippen LogP contribution in [-0.4, -0.2) is 30.2 Å². The summed E-state index contributed by atoms with van der Waals surface area (Å²) in [6, 6.07) is 13.2. The molecule has 2 aliphatic heterocycles. The van der Waals surface area contributed by atoms with Gasteiger partial charge in [-0.1, -0.05) is 23.3 Å². The van der Waals surface area contributed by atoms with Crippen LogP contribution in [0, 0.1) is 17.8 Å². The average Bonchev–Trinajstić information content (AvgIpc) is 3.32. The van der Waals surface area contributed by atoms with E-state index >= 15 is 0 Å². The predicted molar refractivity (Wildman–Crippen MR) is 126 cm³/mol. The Morgan fingerprint density at radius 2 is 1.56 bits per heavy atom. The van der Waals surface area contributed by atoms with Crippen molar-refractivity contribution in [3.05, 3.63) is 65.2 Å². The first-order valence-corrected chi connectivity index (χ1v) is 11.6. The Bertz CT molecular complexity index is 1200. The number of imide groups is 1. The van der Waals surface area contributed by atoms with Crippen LogP contribution in [0.4, 0.5) is 11.4 Å². The maximum absolute atomic E-state index is 12.9. The van der Waals surface area contributed by atoms with Gasteiger partial charge in [0, 0.05) is 23.7 Å². The highest BCUT2D eigenvalue weighted by molar-refractivity contribution is 6.30. The van der Waals surface area contributed by atoms with Crippen LogP contribution in [0.5, 0.6) is 5.75 Å². The molecular weight excluding hydrogens is 456 g/mol. The number of fused-ring (bicyclic) bond motifs is 1. The Kier molecular flexibility index (Phi) is 5.73. The van der Waals surface area contributed by atoms with Crippen molar-refractivity contribution in [1.29, 1.82) is 0 Å². The summed E-state index contributed by atoms with van der Waals surface area (Å²) in [6.07, 6.45) is 3.28. The molecule has 2 fully saturated rings. The lowest BCUT2D eigenvalue weighted by Crippen LogP contribution is -2.30. The zero-order valence-electron chi connectivity index (χ0n) is 18.6. The first-order valence-electron chi connectivity index (χ1n) is 11.2. The SMILES string of the molecule is CC1=CC[C@@H]2C(=O)N(c3ccc(OC(=O)[C@H]4CC(=O)N(c5ccc(Cl)cc5)C4)cc3)C(=O)[C@@H]2C1. The number of rotatable bonds is 4. The number of allylic oxidation sites excluding steroid dienone is 2. The fraction of sp³-hybridized carbons (Fsp3) is 0.308. The molecule has 0 spiro atoms. The van der Waals surface area contributed by atoms with Crippen LogP contribution in [0.1, 0.15) is 26.2 Å². The lowest BCUT2D eigenvalue weighted by molar-refractivity contribution is -0.139. The molecule has 3 amide bonds. The Morgan fingerprint density at radius 3 is 2.26 bits per heavy atom. The number of carbonyl (C=O) groups is 4. The lowest BCUT2D eigenvalue weighted by atomic mass is 9.82. The van der Waals surface area contributed by atoms with Gasteiger partial charge >= 0.3 is 5.97 Å². The van der Waals surface area contributed by atoms with E-state index in [1.807, 2.05) is 13.0 Å². The number of hydrogen-bond acceptors (Lipinski definition) is 5. The minimum absolute atomic E-state index is 0.0621. The van der Waals surface area contributed by atoms with E-state index in [0.29, 0.717) is 35.0 Å². The summed E-state index contributed by atoms with van der Waals surface area (Å²) in [4.78, 5) is 53.6. The van der Waals surface area contributed by atoms with Crippen LogP contribution in [0.25, 0.3) is 0 Å². The molecule has 7 nitrogen and oxygen atoms in total. The minimum Gasteiger partial charge on any atom is -0.426 e. The second-order valence-corrected chi connectivity index (χ2v) is 9.45. The van der Waals surface area contributed by atoms with Gasteiger partial charge in [-0.3, -0.25) is 24.1 Å². The summed E-state index contributed by atoms with van der Waals surface area (Å²) < 4.78 is 5.49. The zero-order chi connectivity index (χ0) is 24.0. The van der Waals surface area contributed by atoms with Gasteiger partial charge in [-0.05, 0) is 68.3 Å². The van der Waals surface area contributed by atoms with Gasteiger partial charge in [0.1, 0.15) is 5.75 Å². The van der Waals surface area contributed by atoms with E-state index in [9.17, 15) is 19.2 Å². The van der Waals surface area contributed by atoms with Gasteiger partial charge in [0.15, 0.2) is 0 Å². The fourth-order valence-corrected chi connectivity index (χ4v) is 5.02. The molecule has 0 N–H and O–H groups in total. The van der Waals surface area contributed by atoms with Gasteiger partial charge in [-0.25, -0.2) is 0 Å². The number of hydrogen-bond donors (Lipinski definition) is 0. The Hall–Kier alpha value is -3.45. The molecule has 174 valence electrons. The third-order valence-corrected chi connectivity index (χ3v) is 6.99. The molecule has 3 atom stereocenters. The third kappa shape index (κ3) is 4.01. The van der Waals surface area contributed by atoms with E-state index in [1.54, 1.807) is 53.4 Å². The smallest absolute Gasteiger partial charge is 0.316 e. The topological polar surface area (TPSA) is 84.0 Å². The molecular formula is C26H23ClN2O5. The number of ether oxygens (including phenoxy) is 1. The maximum atomic E-state index is 12.9. The first-order chi connectivity index (χ1) is 16.3. The molecule has 34 heavy (non-hydrogen) atoms. The van der Waals surface area contributed by atoms with Crippen LogP contribution in [0.3, 0.4) is 0 Å². The maximum Gasteiger partial charge on any atom is 0.316 e. The molecule has 2 saturated heterocycles. The van der Waals surface area contributed by atoms with E-state index in [0.717, 1.165) is 5.57 Å². The van der Waals surface area contributed by atoms with Crippen molar-refractivity contribution >= 4 is 46.7 Å². The molecule has 2 heterocycles. The highest BCUT2D eigenvalue weighted by Gasteiger charge is 2.48. The average molecular weight is 479 g/mol. The van der Waals surface area contributed by atoms with Crippen molar-refractivity contribution in [1.82, 2.24) is 0 Å². The van der Waals surface area contributed by atoms with E-state index in [-0.39, 0.29) is 42.5 Å². The number of nitrogens with zero attached hydrogens (tertiary/aromatic N) is 2. The molecule has 2 aromatic carbocycles. The summed E-state index contributed by atoms with van der Waals surface area (Å²) in [5, 5.41) is 0.567. The summed E-state index contributed by atoms with van der Waals surface area (Å²) in [7, 11) is 0. The van der Waals surface area contributed by atoms with Crippen LogP contribution in [0.2, 0.25) is 5.02 Å². The number of halogens is 1. The van der Waals surface area contributed by atoms with Crippen molar-refractivity contribution in [2.45, 2.75) is 26.2 Å². The van der Waals surface area contributed by atoms with Gasteiger partial charge in [0.05, 0.1) is 23.4 Å². The monoisotopic (exact) mass is 478 g/mol. The minimum atomic E-state index is -0.594. The highest BCUT2D eigenvalue weighted by atomic mass is 35.5. The third-order valence-electron chi connectivity index (χ3n) is 6.73. The molecule has 0 radical (unpaired) electrons. The van der Waals surface area contributed by atoms with E-state index < -0.39 is 11.9 Å². The van der Waals surface area contributed by atoms with Gasteiger partial charge < -0.3 is 9.64 Å². The largest absolute Gasteiger partial charge is 0.426 e. The normalized spacial score (nSPS) is 24.4. The molecule has 1 aliphatic carbocycles. The van der Waals surface area contributed by atoms with Crippen LogP contribution >= 0.6 is 11.6 Å². The van der Waals surface area contributed by atoms with Crippen molar-refractivity contribution in [2.75, 3.05) is 16.3 Å². The molecule has 2 aromatic rings. The van der Waals surface area contributed by atoms with Gasteiger partial charge in [0.25, 0.3) is 0 Å². The van der Waals surface area contributed by atoms with Crippen LogP contribution in [-0.2, 0) is 19.2 Å². The lowest BCUT2D eigenvalue weighted by Gasteiger charge is -2.18. The summed E-state index contributed by atoms with van der Waals surface area (Å²) in [5.74, 6) is -1.94. The second-order valence-electron chi connectivity index (χ2n) is 9.01. The van der Waals surface area contributed by atoms with Gasteiger partial charge in [-0.15, -0.1) is 0 Å². The van der Waals surface area contributed by atoms with Crippen LogP contribution < -0.4 is 14.5 Å². The van der Waals surface area contributed by atoms with Gasteiger partial charge in [0.2, 0.25) is 17.7 Å². The standard InChI is InChI=1S/C26H23ClN2O5/c1-15-2-11-21-22(12-15)25(32)29(24(21)31)19-7-9-20(10-8-19)34-26(33)16-13-23(30)28(14-16)18-5-3-17(27)4-6-18/h2-10,16,21-22H,11-14H2,1H3/t16-,21-,22+/m0/s1. The Morgan fingerprint density at radius 1 is 0.912 bits per heavy atom. The quantitative estimate of drug-likeness (QED) is 0.285. The van der Waals surface area contributed by atoms with Gasteiger partial charge in [-0.2, -0.15) is 0 Å². The van der Waals surface area contributed by atoms with Crippen molar-refractivity contribution in [3.8, 4) is 5.75 Å².